The van der Waals surface area contributed by atoms with E-state index in [1.807, 2.05) is 0 Å². The molecule has 1 fully saturated rings. The van der Waals surface area contributed by atoms with Gasteiger partial charge in [-0.1, -0.05) is 0 Å². The summed E-state index contributed by atoms with van der Waals surface area (Å²) >= 11 is 0. The van der Waals surface area contributed by atoms with Crippen LogP contribution in [-0.2, 0) is 4.79 Å². The molecule has 0 atom stereocenters. The fourth-order valence-electron chi connectivity index (χ4n) is 3.04. The molecule has 0 spiro atoms. The fourth-order valence-corrected chi connectivity index (χ4v) is 3.04. The lowest BCUT2D eigenvalue weighted by atomic mass is 10.1. The number of hydrogen-bond donors (Lipinski definition) is 1. The highest BCUT2D eigenvalue weighted by Crippen LogP contribution is 2.31. The Morgan fingerprint density at radius 2 is 2.00 bits per heavy atom. The summed E-state index contributed by atoms with van der Waals surface area (Å²) in [6.07, 6.45) is -2.10. The first kappa shape index (κ1) is 20.3. The van der Waals surface area contributed by atoms with Crippen LogP contribution in [0.4, 0.5) is 17.6 Å². The Bertz CT molecular complexity index is 1150. The van der Waals surface area contributed by atoms with E-state index in [4.69, 9.17) is 0 Å². The second kappa shape index (κ2) is 7.70. The molecule has 1 N–H and O–H groups in total. The topological polar surface area (TPSA) is 89.4 Å². The molecule has 0 saturated carbocycles. The SMILES string of the molecule is O=C1CN(C(=O)c2cc(-c3cc(F)cc(OC(F)(F)F)c3)n(-c3cccnc3)n2)CN1. The number of nitrogens with zero attached hydrogens (tertiary/aromatic N) is 4. The van der Waals surface area contributed by atoms with Crippen molar-refractivity contribution in [2.75, 3.05) is 13.2 Å². The standard InChI is InChI=1S/C19H13F4N5O3/c20-12-4-11(5-14(6-12)31-19(21,22)23)16-7-15(18(30)27-9-17(29)25-10-27)26-28(16)13-2-1-3-24-8-13/h1-8H,9-10H2,(H,25,29). The van der Waals surface area contributed by atoms with Crippen LogP contribution in [0.2, 0.25) is 0 Å². The third-order valence-corrected chi connectivity index (χ3v) is 4.31. The van der Waals surface area contributed by atoms with Gasteiger partial charge in [0.05, 0.1) is 24.2 Å². The van der Waals surface area contributed by atoms with Gasteiger partial charge in [-0.05, 0) is 30.3 Å². The minimum Gasteiger partial charge on any atom is -0.406 e. The lowest BCUT2D eigenvalue weighted by Crippen LogP contribution is -2.30. The summed E-state index contributed by atoms with van der Waals surface area (Å²) in [6.45, 7) is -0.159. The lowest BCUT2D eigenvalue weighted by molar-refractivity contribution is -0.274. The number of nitrogens with one attached hydrogen (secondary N) is 1. The highest BCUT2D eigenvalue weighted by Gasteiger charge is 2.32. The van der Waals surface area contributed by atoms with Gasteiger partial charge in [-0.3, -0.25) is 14.6 Å². The maximum Gasteiger partial charge on any atom is 0.573 e. The number of carbonyl (C=O) groups excluding carboxylic acids is 2. The van der Waals surface area contributed by atoms with Gasteiger partial charge >= 0.3 is 6.36 Å². The summed E-state index contributed by atoms with van der Waals surface area (Å²) in [4.78, 5) is 29.3. The number of amides is 2. The van der Waals surface area contributed by atoms with E-state index in [-0.39, 0.29) is 36.1 Å². The van der Waals surface area contributed by atoms with Crippen LogP contribution >= 0.6 is 0 Å². The molecular formula is C19H13F4N5O3. The number of aromatic nitrogens is 3. The van der Waals surface area contributed by atoms with Crippen molar-refractivity contribution in [2.24, 2.45) is 0 Å². The van der Waals surface area contributed by atoms with Gasteiger partial charge in [-0.25, -0.2) is 9.07 Å². The highest BCUT2D eigenvalue weighted by molar-refractivity contribution is 5.97. The molecule has 2 aromatic heterocycles. The van der Waals surface area contributed by atoms with Crippen LogP contribution in [0.25, 0.3) is 16.9 Å². The second-order valence-corrected chi connectivity index (χ2v) is 6.52. The van der Waals surface area contributed by atoms with E-state index < -0.39 is 23.8 Å². The Hall–Kier alpha value is -3.96. The van der Waals surface area contributed by atoms with Gasteiger partial charge in [0.25, 0.3) is 5.91 Å². The van der Waals surface area contributed by atoms with E-state index >= 15 is 0 Å². The Balaban J connectivity index is 1.80. The monoisotopic (exact) mass is 435 g/mol. The average Bonchev–Trinajstić information content (AvgIpc) is 3.33. The summed E-state index contributed by atoms with van der Waals surface area (Å²) in [6, 6.07) is 7.05. The molecule has 2 amide bonds. The highest BCUT2D eigenvalue weighted by atomic mass is 19.4. The number of alkyl halides is 3. The van der Waals surface area contributed by atoms with E-state index in [1.54, 1.807) is 12.1 Å². The maximum absolute atomic E-state index is 14.1. The van der Waals surface area contributed by atoms with Crippen LogP contribution < -0.4 is 10.1 Å². The van der Waals surface area contributed by atoms with E-state index in [1.165, 1.54) is 28.0 Å². The van der Waals surface area contributed by atoms with Crippen LogP contribution in [0.5, 0.6) is 5.75 Å². The zero-order valence-electron chi connectivity index (χ0n) is 15.6. The largest absolute Gasteiger partial charge is 0.573 e. The van der Waals surface area contributed by atoms with Gasteiger partial charge in [-0.2, -0.15) is 5.10 Å². The van der Waals surface area contributed by atoms with Gasteiger partial charge in [0.1, 0.15) is 18.1 Å². The molecule has 8 nitrogen and oxygen atoms in total. The lowest BCUT2D eigenvalue weighted by Gasteiger charge is -2.11. The summed E-state index contributed by atoms with van der Waals surface area (Å²) in [5.41, 5.74) is 0.416. The van der Waals surface area contributed by atoms with Gasteiger partial charge in [0, 0.05) is 17.8 Å². The second-order valence-electron chi connectivity index (χ2n) is 6.52. The first-order chi connectivity index (χ1) is 14.7. The van der Waals surface area contributed by atoms with E-state index in [0.717, 1.165) is 12.1 Å². The summed E-state index contributed by atoms with van der Waals surface area (Å²) in [7, 11) is 0. The van der Waals surface area contributed by atoms with Crippen molar-refractivity contribution in [2.45, 2.75) is 6.36 Å². The molecule has 3 aromatic rings. The van der Waals surface area contributed by atoms with E-state index in [9.17, 15) is 27.2 Å². The number of benzene rings is 1. The van der Waals surface area contributed by atoms with Crippen LogP contribution in [0.3, 0.4) is 0 Å². The maximum atomic E-state index is 14.1. The molecule has 1 aliphatic heterocycles. The van der Waals surface area contributed by atoms with Gasteiger partial charge in [-0.15, -0.1) is 13.2 Å². The normalized spacial score (nSPS) is 13.9. The molecule has 0 radical (unpaired) electrons. The smallest absolute Gasteiger partial charge is 0.406 e. The van der Waals surface area contributed by atoms with Crippen molar-refractivity contribution < 1.29 is 31.9 Å². The van der Waals surface area contributed by atoms with Crippen molar-refractivity contribution in [3.63, 3.8) is 0 Å². The predicted octanol–water partition coefficient (Wildman–Crippen LogP) is 2.50. The first-order valence-electron chi connectivity index (χ1n) is 8.83. The van der Waals surface area contributed by atoms with Crippen LogP contribution in [0.15, 0.2) is 48.8 Å². The minimum atomic E-state index is -5.01. The fraction of sp³-hybridized carbons (Fsp3) is 0.158. The van der Waals surface area contributed by atoms with E-state index in [0.29, 0.717) is 11.8 Å². The van der Waals surface area contributed by atoms with Gasteiger partial charge in [0.15, 0.2) is 5.69 Å². The van der Waals surface area contributed by atoms with Crippen LogP contribution in [0, 0.1) is 5.82 Å². The van der Waals surface area contributed by atoms with E-state index in [2.05, 4.69) is 20.1 Å². The van der Waals surface area contributed by atoms with Gasteiger partial charge in [0.2, 0.25) is 5.91 Å². The molecule has 160 valence electrons. The molecule has 0 unspecified atom stereocenters. The summed E-state index contributed by atoms with van der Waals surface area (Å²) in [5.74, 6) is -2.65. The molecule has 1 aromatic carbocycles. The molecule has 1 saturated heterocycles. The molecule has 0 aliphatic carbocycles. The molecular weight excluding hydrogens is 422 g/mol. The van der Waals surface area contributed by atoms with Crippen molar-refractivity contribution in [1.82, 2.24) is 25.0 Å². The quantitative estimate of drug-likeness (QED) is 0.637. The van der Waals surface area contributed by atoms with Gasteiger partial charge < -0.3 is 15.0 Å². The van der Waals surface area contributed by atoms with Crippen LogP contribution in [-0.4, -0.2) is 51.1 Å². The third kappa shape index (κ3) is 4.47. The number of hydrogen-bond acceptors (Lipinski definition) is 5. The minimum absolute atomic E-state index is 0.00368. The zero-order chi connectivity index (χ0) is 22.2. The molecule has 3 heterocycles. The number of pyridine rings is 1. The molecule has 31 heavy (non-hydrogen) atoms. The Labute approximate surface area is 172 Å². The van der Waals surface area contributed by atoms with Crippen molar-refractivity contribution in [1.29, 1.82) is 0 Å². The third-order valence-electron chi connectivity index (χ3n) is 4.31. The Kier molecular flexibility index (Phi) is 5.05. The Morgan fingerprint density at radius 3 is 2.65 bits per heavy atom. The molecule has 0 bridgehead atoms. The molecule has 12 heteroatoms. The number of carbonyl (C=O) groups is 2. The molecule has 1 aliphatic rings. The average molecular weight is 435 g/mol. The van der Waals surface area contributed by atoms with Crippen molar-refractivity contribution in [3.8, 4) is 22.7 Å². The first-order valence-corrected chi connectivity index (χ1v) is 8.83. The number of halogens is 4. The number of ether oxygens (including phenoxy) is 1. The van der Waals surface area contributed by atoms with Crippen molar-refractivity contribution in [3.05, 3.63) is 60.3 Å². The predicted molar refractivity (Wildman–Crippen MR) is 97.5 cm³/mol. The van der Waals surface area contributed by atoms with Crippen molar-refractivity contribution >= 4 is 11.8 Å². The Morgan fingerprint density at radius 1 is 1.19 bits per heavy atom. The molecule has 4 rings (SSSR count). The summed E-state index contributed by atoms with van der Waals surface area (Å²) in [5, 5.41) is 6.71. The summed E-state index contributed by atoms with van der Waals surface area (Å²) < 4.78 is 57.0. The number of rotatable bonds is 4. The zero-order valence-corrected chi connectivity index (χ0v) is 15.6. The van der Waals surface area contributed by atoms with Crippen LogP contribution in [0.1, 0.15) is 10.5 Å².